The fraction of sp³-hybridized carbons (Fsp3) is 0.235. The largest absolute Gasteiger partial charge is 0.334 e. The minimum Gasteiger partial charge on any atom is -0.334 e. The number of benzene rings is 2. The lowest BCUT2D eigenvalue weighted by atomic mass is 10.1. The average molecular weight is 251 g/mol. The van der Waals surface area contributed by atoms with E-state index in [1.165, 1.54) is 5.56 Å². The first-order chi connectivity index (χ1) is 9.34. The number of carbonyl (C=O) groups is 1. The molecular formula is C17H17NO. The van der Waals surface area contributed by atoms with E-state index in [-0.39, 0.29) is 5.91 Å². The van der Waals surface area contributed by atoms with Gasteiger partial charge in [-0.15, -0.1) is 0 Å². The third kappa shape index (κ3) is 2.53. The van der Waals surface area contributed by atoms with Gasteiger partial charge in [-0.2, -0.15) is 0 Å². The summed E-state index contributed by atoms with van der Waals surface area (Å²) in [4.78, 5) is 14.1. The minimum atomic E-state index is 0.184. The molecule has 1 aliphatic rings. The molecule has 0 bridgehead atoms. The number of rotatable bonds is 4. The molecule has 0 saturated heterocycles. The first-order valence-corrected chi connectivity index (χ1v) is 6.76. The normalized spacial score (nSPS) is 13.7. The highest BCUT2D eigenvalue weighted by Crippen LogP contribution is 2.22. The van der Waals surface area contributed by atoms with E-state index in [4.69, 9.17) is 0 Å². The first kappa shape index (κ1) is 12.0. The van der Waals surface area contributed by atoms with Crippen LogP contribution < -0.4 is 0 Å². The predicted molar refractivity (Wildman–Crippen MR) is 75.9 cm³/mol. The molecule has 0 unspecified atom stereocenters. The van der Waals surface area contributed by atoms with Crippen molar-refractivity contribution >= 4 is 5.91 Å². The Bertz CT molecular complexity index is 577. The lowest BCUT2D eigenvalue weighted by molar-refractivity contribution is 0.0777. The summed E-state index contributed by atoms with van der Waals surface area (Å²) < 4.78 is 0. The van der Waals surface area contributed by atoms with Crippen LogP contribution in [0.5, 0.6) is 0 Å². The van der Waals surface area contributed by atoms with E-state index in [0.717, 1.165) is 37.1 Å². The summed E-state index contributed by atoms with van der Waals surface area (Å²) in [6, 6.07) is 18.3. The van der Waals surface area contributed by atoms with Gasteiger partial charge in [-0.25, -0.2) is 0 Å². The van der Waals surface area contributed by atoms with E-state index in [9.17, 15) is 4.79 Å². The smallest absolute Gasteiger partial charge is 0.254 e. The minimum absolute atomic E-state index is 0.184. The second kappa shape index (κ2) is 5.27. The van der Waals surface area contributed by atoms with Gasteiger partial charge in [0.15, 0.2) is 0 Å². The second-order valence-corrected chi connectivity index (χ2v) is 4.97. The molecule has 0 spiro atoms. The highest BCUT2D eigenvalue weighted by molar-refractivity contribution is 5.98. The van der Waals surface area contributed by atoms with Crippen molar-refractivity contribution in [3.05, 3.63) is 71.3 Å². The van der Waals surface area contributed by atoms with E-state index in [1.54, 1.807) is 0 Å². The zero-order valence-electron chi connectivity index (χ0n) is 10.9. The van der Waals surface area contributed by atoms with E-state index >= 15 is 0 Å². The maximum absolute atomic E-state index is 12.2. The quantitative estimate of drug-likeness (QED) is 0.816. The van der Waals surface area contributed by atoms with Crippen LogP contribution in [0.3, 0.4) is 0 Å². The Kier molecular flexibility index (Phi) is 3.32. The van der Waals surface area contributed by atoms with Gasteiger partial charge in [-0.3, -0.25) is 4.79 Å². The monoisotopic (exact) mass is 251 g/mol. The molecule has 0 N–H and O–H groups in total. The molecule has 0 radical (unpaired) electrons. The van der Waals surface area contributed by atoms with Crippen LogP contribution in [-0.4, -0.2) is 17.4 Å². The van der Waals surface area contributed by atoms with Crippen molar-refractivity contribution in [2.45, 2.75) is 19.4 Å². The maximum Gasteiger partial charge on any atom is 0.254 e. The van der Waals surface area contributed by atoms with Crippen LogP contribution in [0.25, 0.3) is 0 Å². The molecule has 2 heteroatoms. The van der Waals surface area contributed by atoms with Crippen molar-refractivity contribution in [2.24, 2.45) is 0 Å². The molecule has 19 heavy (non-hydrogen) atoms. The Hall–Kier alpha value is -2.09. The molecule has 2 aromatic carbocycles. The summed E-state index contributed by atoms with van der Waals surface area (Å²) in [5.41, 5.74) is 3.38. The summed E-state index contributed by atoms with van der Waals surface area (Å²) in [6.45, 7) is 1.60. The van der Waals surface area contributed by atoms with Crippen LogP contribution in [0.1, 0.15) is 27.9 Å². The van der Waals surface area contributed by atoms with Crippen LogP contribution in [0.15, 0.2) is 54.6 Å². The van der Waals surface area contributed by atoms with Gasteiger partial charge < -0.3 is 4.90 Å². The molecule has 3 rings (SSSR count). The maximum atomic E-state index is 12.2. The molecule has 0 atom stereocenters. The Balaban J connectivity index is 1.57. The number of amides is 1. The summed E-state index contributed by atoms with van der Waals surface area (Å²) in [6.07, 6.45) is 2.05. The molecule has 0 aromatic heterocycles. The van der Waals surface area contributed by atoms with E-state index in [1.807, 2.05) is 35.2 Å². The molecule has 1 heterocycles. The third-order valence-corrected chi connectivity index (χ3v) is 3.63. The fourth-order valence-electron chi connectivity index (χ4n) is 2.61. The van der Waals surface area contributed by atoms with E-state index in [0.29, 0.717) is 0 Å². The predicted octanol–water partition coefficient (Wildman–Crippen LogP) is 3.28. The summed E-state index contributed by atoms with van der Waals surface area (Å²) >= 11 is 0. The van der Waals surface area contributed by atoms with Gasteiger partial charge in [0.25, 0.3) is 5.91 Å². The van der Waals surface area contributed by atoms with Crippen molar-refractivity contribution in [1.82, 2.24) is 4.90 Å². The van der Waals surface area contributed by atoms with Crippen LogP contribution >= 0.6 is 0 Å². The van der Waals surface area contributed by atoms with Crippen LogP contribution in [-0.2, 0) is 13.0 Å². The Morgan fingerprint density at radius 2 is 1.68 bits per heavy atom. The van der Waals surface area contributed by atoms with Gasteiger partial charge >= 0.3 is 0 Å². The molecule has 1 amide bonds. The molecule has 2 nitrogen and oxygen atoms in total. The van der Waals surface area contributed by atoms with Gasteiger partial charge in [0.2, 0.25) is 0 Å². The van der Waals surface area contributed by atoms with Gasteiger partial charge in [-0.1, -0.05) is 48.5 Å². The molecule has 2 aromatic rings. The first-order valence-electron chi connectivity index (χ1n) is 6.76. The summed E-state index contributed by atoms with van der Waals surface area (Å²) in [5.74, 6) is 0.184. The molecule has 96 valence electrons. The number of carbonyl (C=O) groups excluding carboxylic acids is 1. The Morgan fingerprint density at radius 3 is 2.47 bits per heavy atom. The lowest BCUT2D eigenvalue weighted by Gasteiger charge is -2.15. The molecule has 1 aliphatic heterocycles. The summed E-state index contributed by atoms with van der Waals surface area (Å²) in [5, 5.41) is 0. The zero-order chi connectivity index (χ0) is 13.1. The van der Waals surface area contributed by atoms with Gasteiger partial charge in [0, 0.05) is 18.7 Å². The van der Waals surface area contributed by atoms with Gasteiger partial charge in [-0.05, 0) is 30.0 Å². The number of fused-ring (bicyclic) bond motifs is 1. The second-order valence-electron chi connectivity index (χ2n) is 4.97. The molecule has 0 fully saturated rings. The summed E-state index contributed by atoms with van der Waals surface area (Å²) in [7, 11) is 0. The van der Waals surface area contributed by atoms with Gasteiger partial charge in [0.05, 0.1) is 0 Å². The number of aryl methyl sites for hydroxylation is 1. The number of nitrogens with zero attached hydrogens (tertiary/aromatic N) is 1. The topological polar surface area (TPSA) is 20.3 Å². The molecule has 0 aliphatic carbocycles. The van der Waals surface area contributed by atoms with Gasteiger partial charge in [0.1, 0.15) is 0 Å². The average Bonchev–Trinajstić information content (AvgIpc) is 2.78. The standard InChI is InChI=1S/C17H17NO/c19-17-16-11-5-4-10-15(16)13-18(17)12-6-9-14-7-2-1-3-8-14/h1-5,7-8,10-11H,6,9,12-13H2. The zero-order valence-corrected chi connectivity index (χ0v) is 10.9. The highest BCUT2D eigenvalue weighted by atomic mass is 16.2. The third-order valence-electron chi connectivity index (χ3n) is 3.63. The molecular weight excluding hydrogens is 234 g/mol. The van der Waals surface area contributed by atoms with Crippen molar-refractivity contribution in [3.63, 3.8) is 0 Å². The Morgan fingerprint density at radius 1 is 0.947 bits per heavy atom. The van der Waals surface area contributed by atoms with Crippen molar-refractivity contribution in [1.29, 1.82) is 0 Å². The lowest BCUT2D eigenvalue weighted by Crippen LogP contribution is -2.25. The van der Waals surface area contributed by atoms with Crippen LogP contribution in [0, 0.1) is 0 Å². The van der Waals surface area contributed by atoms with Crippen LogP contribution in [0.2, 0.25) is 0 Å². The van der Waals surface area contributed by atoms with Crippen molar-refractivity contribution in [3.8, 4) is 0 Å². The highest BCUT2D eigenvalue weighted by Gasteiger charge is 2.25. The fourth-order valence-corrected chi connectivity index (χ4v) is 2.61. The van der Waals surface area contributed by atoms with Crippen molar-refractivity contribution in [2.75, 3.05) is 6.54 Å². The SMILES string of the molecule is O=C1c2ccccc2CN1CCCc1ccccc1. The number of hydrogen-bond acceptors (Lipinski definition) is 1. The van der Waals surface area contributed by atoms with Crippen LogP contribution in [0.4, 0.5) is 0 Å². The number of hydrogen-bond donors (Lipinski definition) is 0. The Labute approximate surface area is 113 Å². The van der Waals surface area contributed by atoms with E-state index < -0.39 is 0 Å². The van der Waals surface area contributed by atoms with E-state index in [2.05, 4.69) is 24.3 Å². The molecule has 0 saturated carbocycles. The van der Waals surface area contributed by atoms with Crippen molar-refractivity contribution < 1.29 is 4.79 Å².